The fourth-order valence-electron chi connectivity index (χ4n) is 2.32. The van der Waals surface area contributed by atoms with Gasteiger partial charge in [0.2, 0.25) is 0 Å². The van der Waals surface area contributed by atoms with Crippen LogP contribution in [0.1, 0.15) is 12.5 Å². The molecule has 0 amide bonds. The normalized spacial score (nSPS) is 20.6. The van der Waals surface area contributed by atoms with E-state index in [4.69, 9.17) is 16.7 Å². The number of hydrogen-bond acceptors (Lipinski definition) is 3. The maximum Gasteiger partial charge on any atom is 0.328 e. The molecular formula is C15H19ClN2O2. The molecule has 1 aliphatic rings. The first-order chi connectivity index (χ1) is 9.47. The molecule has 0 saturated carbocycles. The van der Waals surface area contributed by atoms with Crippen LogP contribution in [0, 0.1) is 0 Å². The number of hydrogen-bond donors (Lipinski definition) is 1. The van der Waals surface area contributed by atoms with Gasteiger partial charge in [-0.25, -0.2) is 4.79 Å². The second-order valence-electron chi connectivity index (χ2n) is 5.16. The van der Waals surface area contributed by atoms with Gasteiger partial charge in [-0.05, 0) is 37.7 Å². The van der Waals surface area contributed by atoms with Gasteiger partial charge in [-0.1, -0.05) is 17.7 Å². The van der Waals surface area contributed by atoms with Gasteiger partial charge in [0, 0.05) is 31.8 Å². The summed E-state index contributed by atoms with van der Waals surface area (Å²) >= 11 is 6.33. The summed E-state index contributed by atoms with van der Waals surface area (Å²) in [6, 6.07) is 6.15. The quantitative estimate of drug-likeness (QED) is 0.870. The maximum absolute atomic E-state index is 10.5. The van der Waals surface area contributed by atoms with Gasteiger partial charge in [0.25, 0.3) is 0 Å². The average Bonchev–Trinajstić information content (AvgIpc) is 2.40. The number of likely N-dealkylation sites (N-methyl/N-ethyl adjacent to an activating group) is 1. The molecule has 5 heteroatoms. The second-order valence-corrected chi connectivity index (χ2v) is 5.57. The van der Waals surface area contributed by atoms with Crippen molar-refractivity contribution in [3.8, 4) is 0 Å². The SMILES string of the molecule is CC1CN(c2ccc(/C=C/C(=O)O)cc2Cl)CCN1C. The lowest BCUT2D eigenvalue weighted by atomic mass is 10.1. The highest BCUT2D eigenvalue weighted by atomic mass is 35.5. The highest BCUT2D eigenvalue weighted by molar-refractivity contribution is 6.33. The third kappa shape index (κ3) is 3.52. The predicted octanol–water partition coefficient (Wildman–Crippen LogP) is 2.58. The topological polar surface area (TPSA) is 43.8 Å². The van der Waals surface area contributed by atoms with Crippen molar-refractivity contribution in [3.63, 3.8) is 0 Å². The molecule has 1 saturated heterocycles. The number of aliphatic carboxylic acids is 1. The summed E-state index contributed by atoms with van der Waals surface area (Å²) in [7, 11) is 2.13. The molecule has 0 aliphatic carbocycles. The minimum atomic E-state index is -0.960. The monoisotopic (exact) mass is 294 g/mol. The number of benzene rings is 1. The Morgan fingerprint density at radius 1 is 1.45 bits per heavy atom. The van der Waals surface area contributed by atoms with Crippen molar-refractivity contribution in [3.05, 3.63) is 34.9 Å². The zero-order valence-corrected chi connectivity index (χ0v) is 12.5. The Bertz CT molecular complexity index is 531. The van der Waals surface area contributed by atoms with Gasteiger partial charge in [0.05, 0.1) is 10.7 Å². The van der Waals surface area contributed by atoms with E-state index in [1.165, 1.54) is 0 Å². The first-order valence-corrected chi connectivity index (χ1v) is 7.01. The first kappa shape index (κ1) is 14.9. The summed E-state index contributed by atoms with van der Waals surface area (Å²) in [5.74, 6) is -0.960. The predicted molar refractivity (Wildman–Crippen MR) is 82.4 cm³/mol. The molecule has 1 N–H and O–H groups in total. The smallest absolute Gasteiger partial charge is 0.328 e. The van der Waals surface area contributed by atoms with Crippen LogP contribution in [-0.4, -0.2) is 48.7 Å². The van der Waals surface area contributed by atoms with Gasteiger partial charge in [-0.3, -0.25) is 0 Å². The van der Waals surface area contributed by atoms with Crippen molar-refractivity contribution in [1.29, 1.82) is 0 Å². The number of carbonyl (C=O) groups is 1. The molecule has 0 spiro atoms. The third-order valence-electron chi connectivity index (χ3n) is 3.69. The number of anilines is 1. The van der Waals surface area contributed by atoms with Crippen molar-refractivity contribution in [1.82, 2.24) is 4.90 Å². The maximum atomic E-state index is 10.5. The molecule has 1 aromatic carbocycles. The molecule has 1 aromatic rings. The first-order valence-electron chi connectivity index (χ1n) is 6.63. The Hall–Kier alpha value is -1.52. The second kappa shape index (κ2) is 6.29. The summed E-state index contributed by atoms with van der Waals surface area (Å²) in [5, 5.41) is 9.29. The molecule has 0 radical (unpaired) electrons. The molecule has 0 bridgehead atoms. The Kier molecular flexibility index (Phi) is 4.68. The van der Waals surface area contributed by atoms with Crippen LogP contribution in [0.5, 0.6) is 0 Å². The van der Waals surface area contributed by atoms with Crippen LogP contribution in [0.4, 0.5) is 5.69 Å². The molecule has 0 aromatic heterocycles. The highest BCUT2D eigenvalue weighted by Crippen LogP contribution is 2.29. The van der Waals surface area contributed by atoms with Gasteiger partial charge in [0.15, 0.2) is 0 Å². The molecule has 1 atom stereocenters. The van der Waals surface area contributed by atoms with Crippen molar-refractivity contribution in [2.24, 2.45) is 0 Å². The zero-order valence-electron chi connectivity index (χ0n) is 11.7. The van der Waals surface area contributed by atoms with E-state index in [1.807, 2.05) is 12.1 Å². The number of piperazine rings is 1. The molecule has 20 heavy (non-hydrogen) atoms. The van der Waals surface area contributed by atoms with Crippen LogP contribution in [0.3, 0.4) is 0 Å². The lowest BCUT2D eigenvalue weighted by molar-refractivity contribution is -0.131. The molecule has 1 unspecified atom stereocenters. The third-order valence-corrected chi connectivity index (χ3v) is 3.99. The number of nitrogens with zero attached hydrogens (tertiary/aromatic N) is 2. The minimum absolute atomic E-state index is 0.492. The molecule has 1 aliphatic heterocycles. The van der Waals surface area contributed by atoms with E-state index in [9.17, 15) is 4.79 Å². The average molecular weight is 295 g/mol. The van der Waals surface area contributed by atoms with E-state index in [2.05, 4.69) is 23.8 Å². The van der Waals surface area contributed by atoms with Gasteiger partial charge in [-0.2, -0.15) is 0 Å². The Morgan fingerprint density at radius 2 is 2.20 bits per heavy atom. The van der Waals surface area contributed by atoms with E-state index in [1.54, 1.807) is 12.1 Å². The molecule has 1 heterocycles. The van der Waals surface area contributed by atoms with E-state index in [0.29, 0.717) is 11.1 Å². The van der Waals surface area contributed by atoms with Crippen LogP contribution in [0.25, 0.3) is 6.08 Å². The number of carboxylic acids is 1. The van der Waals surface area contributed by atoms with Crippen LogP contribution in [-0.2, 0) is 4.79 Å². The van der Waals surface area contributed by atoms with Crippen LogP contribution >= 0.6 is 11.6 Å². The summed E-state index contributed by atoms with van der Waals surface area (Å²) in [6.45, 7) is 5.10. The Labute approximate surface area is 124 Å². The van der Waals surface area contributed by atoms with E-state index >= 15 is 0 Å². The van der Waals surface area contributed by atoms with Gasteiger partial charge < -0.3 is 14.9 Å². The van der Waals surface area contributed by atoms with Crippen LogP contribution in [0.2, 0.25) is 5.02 Å². The largest absolute Gasteiger partial charge is 0.478 e. The number of carboxylic acid groups (broad SMARTS) is 1. The zero-order chi connectivity index (χ0) is 14.7. The van der Waals surface area contributed by atoms with Crippen molar-refractivity contribution >= 4 is 29.3 Å². The molecule has 108 valence electrons. The van der Waals surface area contributed by atoms with E-state index in [-0.39, 0.29) is 0 Å². The lowest BCUT2D eigenvalue weighted by Gasteiger charge is -2.39. The molecular weight excluding hydrogens is 276 g/mol. The summed E-state index contributed by atoms with van der Waals surface area (Å²) in [5.41, 5.74) is 1.81. The highest BCUT2D eigenvalue weighted by Gasteiger charge is 2.22. The van der Waals surface area contributed by atoms with Crippen molar-refractivity contribution in [2.45, 2.75) is 13.0 Å². The van der Waals surface area contributed by atoms with E-state index in [0.717, 1.165) is 37.0 Å². The van der Waals surface area contributed by atoms with E-state index < -0.39 is 5.97 Å². The summed E-state index contributed by atoms with van der Waals surface area (Å²) in [6.07, 6.45) is 2.66. The van der Waals surface area contributed by atoms with Gasteiger partial charge in [-0.15, -0.1) is 0 Å². The van der Waals surface area contributed by atoms with Gasteiger partial charge in [0.1, 0.15) is 0 Å². The molecule has 2 rings (SSSR count). The van der Waals surface area contributed by atoms with Crippen molar-refractivity contribution < 1.29 is 9.90 Å². The standard InChI is InChI=1S/C15H19ClN2O2/c1-11-10-18(8-7-17(11)2)14-5-3-12(9-13(14)16)4-6-15(19)20/h3-6,9,11H,7-8,10H2,1-2H3,(H,19,20)/b6-4+. The minimum Gasteiger partial charge on any atom is -0.478 e. The summed E-state index contributed by atoms with van der Waals surface area (Å²) in [4.78, 5) is 15.1. The number of halogens is 1. The lowest BCUT2D eigenvalue weighted by Crippen LogP contribution is -2.50. The Morgan fingerprint density at radius 3 is 2.80 bits per heavy atom. The fourth-order valence-corrected chi connectivity index (χ4v) is 2.63. The molecule has 4 nitrogen and oxygen atoms in total. The molecule has 1 fully saturated rings. The van der Waals surface area contributed by atoms with Crippen LogP contribution < -0.4 is 4.90 Å². The van der Waals surface area contributed by atoms with Crippen LogP contribution in [0.15, 0.2) is 24.3 Å². The van der Waals surface area contributed by atoms with Gasteiger partial charge >= 0.3 is 5.97 Å². The Balaban J connectivity index is 2.15. The van der Waals surface area contributed by atoms with Crippen molar-refractivity contribution in [2.75, 3.05) is 31.6 Å². The fraction of sp³-hybridized carbons (Fsp3) is 0.400. The summed E-state index contributed by atoms with van der Waals surface area (Å²) < 4.78 is 0. The number of rotatable bonds is 3.